The molecule has 0 bridgehead atoms. The highest BCUT2D eigenvalue weighted by Gasteiger charge is 2.13. The van der Waals surface area contributed by atoms with Crippen molar-refractivity contribution >= 4 is 28.1 Å². The lowest BCUT2D eigenvalue weighted by Gasteiger charge is -2.13. The van der Waals surface area contributed by atoms with E-state index < -0.39 is 5.56 Å². The summed E-state index contributed by atoms with van der Waals surface area (Å²) in [6.07, 6.45) is 2.45. The fourth-order valence-corrected chi connectivity index (χ4v) is 3.27. The third-order valence-electron chi connectivity index (χ3n) is 4.28. The molecule has 2 N–H and O–H groups in total. The second-order valence-corrected chi connectivity index (χ2v) is 7.44. The van der Waals surface area contributed by atoms with Gasteiger partial charge in [-0.15, -0.1) is 0 Å². The Bertz CT molecular complexity index is 1200. The van der Waals surface area contributed by atoms with E-state index in [1.807, 2.05) is 50.2 Å². The molecule has 0 unspecified atom stereocenters. The van der Waals surface area contributed by atoms with Crippen LogP contribution in [0.2, 0.25) is 0 Å². The molecule has 0 saturated heterocycles. The maximum absolute atomic E-state index is 12.3. The van der Waals surface area contributed by atoms with Crippen molar-refractivity contribution in [3.63, 3.8) is 0 Å². The zero-order valence-electron chi connectivity index (χ0n) is 17.7. The zero-order valence-corrected chi connectivity index (χ0v) is 19.3. The van der Waals surface area contributed by atoms with Gasteiger partial charge in [0.2, 0.25) is 5.95 Å². The molecule has 0 aliphatic rings. The van der Waals surface area contributed by atoms with Crippen molar-refractivity contribution in [3.8, 4) is 28.8 Å². The summed E-state index contributed by atoms with van der Waals surface area (Å²) in [7, 11) is 0. The van der Waals surface area contributed by atoms with Crippen molar-refractivity contribution < 1.29 is 9.47 Å². The van der Waals surface area contributed by atoms with Gasteiger partial charge in [0.25, 0.3) is 5.56 Å². The summed E-state index contributed by atoms with van der Waals surface area (Å²) in [6.45, 7) is 5.02. The maximum Gasteiger partial charge on any atom is 0.270 e. The molecule has 0 saturated carbocycles. The molecule has 0 radical (unpaired) electrons. The van der Waals surface area contributed by atoms with Crippen LogP contribution in [0.3, 0.4) is 0 Å². The van der Waals surface area contributed by atoms with E-state index >= 15 is 0 Å². The lowest BCUT2D eigenvalue weighted by atomic mass is 10.1. The van der Waals surface area contributed by atoms with Crippen LogP contribution < -0.4 is 20.5 Å². The first-order valence-corrected chi connectivity index (χ1v) is 10.8. The van der Waals surface area contributed by atoms with E-state index in [0.717, 1.165) is 16.5 Å². The van der Waals surface area contributed by atoms with Crippen LogP contribution in [0.1, 0.15) is 31.4 Å². The van der Waals surface area contributed by atoms with Gasteiger partial charge in [-0.2, -0.15) is 10.4 Å². The lowest BCUT2D eigenvalue weighted by Crippen LogP contribution is -2.16. The quantitative estimate of drug-likeness (QED) is 0.328. The Labute approximate surface area is 194 Å². The predicted molar refractivity (Wildman–Crippen MR) is 127 cm³/mol. The summed E-state index contributed by atoms with van der Waals surface area (Å²) in [5, 5.41) is 13.5. The maximum atomic E-state index is 12.3. The molecule has 164 valence electrons. The van der Waals surface area contributed by atoms with Gasteiger partial charge in [0, 0.05) is 15.6 Å². The van der Waals surface area contributed by atoms with Crippen LogP contribution in [0.25, 0.3) is 11.3 Å². The number of anilines is 1. The number of nitrogens with zero attached hydrogens (tertiary/aromatic N) is 3. The Morgan fingerprint density at radius 1 is 1.22 bits per heavy atom. The number of nitriles is 1. The molecule has 1 heterocycles. The van der Waals surface area contributed by atoms with Crippen LogP contribution in [0.4, 0.5) is 5.95 Å². The van der Waals surface area contributed by atoms with Crippen molar-refractivity contribution in [1.82, 2.24) is 9.97 Å². The third kappa shape index (κ3) is 5.53. The van der Waals surface area contributed by atoms with Gasteiger partial charge < -0.3 is 9.47 Å². The molecular formula is C23H22BrN5O3. The molecule has 2 aromatic carbocycles. The number of nitrogens with one attached hydrogen (secondary N) is 2. The number of aromatic nitrogens is 2. The number of rotatable bonds is 9. The van der Waals surface area contributed by atoms with E-state index in [1.54, 1.807) is 18.3 Å². The first-order chi connectivity index (χ1) is 15.6. The molecule has 3 aromatic rings. The molecule has 0 fully saturated rings. The Balaban J connectivity index is 1.87. The van der Waals surface area contributed by atoms with E-state index in [-0.39, 0.29) is 17.2 Å². The van der Waals surface area contributed by atoms with Gasteiger partial charge in [-0.1, -0.05) is 37.3 Å². The Hall–Kier alpha value is -3.64. The highest BCUT2D eigenvalue weighted by atomic mass is 79.9. The zero-order chi connectivity index (χ0) is 22.9. The second kappa shape index (κ2) is 11.1. The molecule has 0 aliphatic carbocycles. The van der Waals surface area contributed by atoms with Crippen molar-refractivity contribution in [2.45, 2.75) is 20.3 Å². The highest BCUT2D eigenvalue weighted by molar-refractivity contribution is 9.10. The molecule has 8 nitrogen and oxygen atoms in total. The minimum Gasteiger partial charge on any atom is -0.490 e. The SMILES string of the molecule is CCCOc1cc(Br)c(C=NNc2nc(-c3ccccc3)c(C#N)c(=O)[nH]2)cc1OCC. The number of benzene rings is 2. The van der Waals surface area contributed by atoms with Crippen molar-refractivity contribution in [3.05, 3.63) is 68.4 Å². The Morgan fingerprint density at radius 2 is 1.97 bits per heavy atom. The van der Waals surface area contributed by atoms with Gasteiger partial charge in [0.15, 0.2) is 11.5 Å². The number of hydrogen-bond donors (Lipinski definition) is 2. The van der Waals surface area contributed by atoms with Crippen LogP contribution in [-0.2, 0) is 0 Å². The third-order valence-corrected chi connectivity index (χ3v) is 4.96. The van der Waals surface area contributed by atoms with Crippen LogP contribution in [0.5, 0.6) is 11.5 Å². The van der Waals surface area contributed by atoms with Crippen LogP contribution in [-0.4, -0.2) is 29.4 Å². The number of H-pyrrole nitrogens is 1. The average molecular weight is 496 g/mol. The molecule has 3 rings (SSSR count). The molecule has 0 atom stereocenters. The van der Waals surface area contributed by atoms with E-state index in [9.17, 15) is 10.1 Å². The fraction of sp³-hybridized carbons (Fsp3) is 0.217. The highest BCUT2D eigenvalue weighted by Crippen LogP contribution is 2.33. The summed E-state index contributed by atoms with van der Waals surface area (Å²) in [5.74, 6) is 1.38. The van der Waals surface area contributed by atoms with Gasteiger partial charge in [0.05, 0.1) is 25.1 Å². The normalized spacial score (nSPS) is 10.7. The second-order valence-electron chi connectivity index (χ2n) is 6.59. The van der Waals surface area contributed by atoms with E-state index in [0.29, 0.717) is 30.3 Å². The first-order valence-electron chi connectivity index (χ1n) is 10.0. The fourth-order valence-electron chi connectivity index (χ4n) is 2.84. The van der Waals surface area contributed by atoms with E-state index in [4.69, 9.17) is 9.47 Å². The van der Waals surface area contributed by atoms with Gasteiger partial charge in [-0.25, -0.2) is 10.4 Å². The molecule has 9 heteroatoms. The monoisotopic (exact) mass is 495 g/mol. The number of ether oxygens (including phenoxy) is 2. The summed E-state index contributed by atoms with van der Waals surface area (Å²) in [6, 6.07) is 14.6. The largest absolute Gasteiger partial charge is 0.490 e. The average Bonchev–Trinajstić information content (AvgIpc) is 2.80. The summed E-state index contributed by atoms with van der Waals surface area (Å²) in [5.41, 5.74) is 3.81. The number of halogens is 1. The lowest BCUT2D eigenvalue weighted by molar-refractivity contribution is 0.276. The number of hydrogen-bond acceptors (Lipinski definition) is 7. The molecule has 32 heavy (non-hydrogen) atoms. The molecule has 0 amide bonds. The van der Waals surface area contributed by atoms with Crippen LogP contribution >= 0.6 is 15.9 Å². The number of hydrazone groups is 1. The Morgan fingerprint density at radius 3 is 2.66 bits per heavy atom. The molecular weight excluding hydrogens is 474 g/mol. The predicted octanol–water partition coefficient (Wildman–Crippen LogP) is 4.70. The van der Waals surface area contributed by atoms with E-state index in [1.165, 1.54) is 0 Å². The van der Waals surface area contributed by atoms with Crippen molar-refractivity contribution in [1.29, 1.82) is 5.26 Å². The minimum absolute atomic E-state index is 0.0579. The topological polar surface area (TPSA) is 112 Å². The van der Waals surface area contributed by atoms with Crippen LogP contribution in [0, 0.1) is 11.3 Å². The number of aromatic amines is 1. The van der Waals surface area contributed by atoms with Gasteiger partial charge >= 0.3 is 0 Å². The molecule has 1 aromatic heterocycles. The smallest absolute Gasteiger partial charge is 0.270 e. The standard InChI is InChI=1S/C23H22BrN5O3/c1-3-10-32-20-12-18(24)16(11-19(20)31-4-2)14-26-29-23-27-21(15-8-6-5-7-9-15)17(13-25)22(30)28-23/h5-9,11-12,14H,3-4,10H2,1-2H3,(H2,27,28,29,30). The van der Waals surface area contributed by atoms with Gasteiger partial charge in [-0.3, -0.25) is 9.78 Å². The van der Waals surface area contributed by atoms with Gasteiger partial charge in [0.1, 0.15) is 11.6 Å². The van der Waals surface area contributed by atoms with Crippen LogP contribution in [0.15, 0.2) is 56.8 Å². The summed E-state index contributed by atoms with van der Waals surface area (Å²) < 4.78 is 12.2. The summed E-state index contributed by atoms with van der Waals surface area (Å²) >= 11 is 3.52. The van der Waals surface area contributed by atoms with Gasteiger partial charge in [-0.05, 0) is 41.4 Å². The molecule has 0 spiro atoms. The van der Waals surface area contributed by atoms with E-state index in [2.05, 4.69) is 36.4 Å². The Kier molecular flexibility index (Phi) is 8.00. The summed E-state index contributed by atoms with van der Waals surface area (Å²) in [4.78, 5) is 19.2. The molecule has 0 aliphatic heterocycles. The first kappa shape index (κ1) is 23.0. The minimum atomic E-state index is -0.545. The van der Waals surface area contributed by atoms with Crippen molar-refractivity contribution in [2.24, 2.45) is 5.10 Å². The van der Waals surface area contributed by atoms with Crippen molar-refractivity contribution in [2.75, 3.05) is 18.6 Å².